The number of carboxylic acid groups (broad SMARTS) is 1. The van der Waals surface area contributed by atoms with Crippen LogP contribution in [-0.4, -0.2) is 40.7 Å². The van der Waals surface area contributed by atoms with E-state index in [2.05, 4.69) is 27.8 Å². The van der Waals surface area contributed by atoms with Crippen LogP contribution in [0.2, 0.25) is 0 Å². The largest absolute Gasteiger partial charge is 0.465 e. The summed E-state index contributed by atoms with van der Waals surface area (Å²) in [5, 5.41) is 16.0. The lowest BCUT2D eigenvalue weighted by molar-refractivity contribution is 0.113. The molecule has 0 spiro atoms. The molecule has 6 heteroatoms. The van der Waals surface area contributed by atoms with Gasteiger partial charge in [0.05, 0.1) is 11.6 Å². The molecule has 23 heavy (non-hydrogen) atoms. The number of rotatable bonds is 2. The fraction of sp³-hybridized carbons (Fsp3) is 0.235. The molecule has 1 atom stereocenters. The fourth-order valence-electron chi connectivity index (χ4n) is 3.30. The van der Waals surface area contributed by atoms with Gasteiger partial charge < -0.3 is 15.4 Å². The minimum atomic E-state index is -0.862. The van der Waals surface area contributed by atoms with E-state index in [9.17, 15) is 9.90 Å². The number of aromatic nitrogens is 1. The van der Waals surface area contributed by atoms with Gasteiger partial charge in [0.1, 0.15) is 0 Å². The number of H-pyrrole nitrogens is 1. The first-order chi connectivity index (χ1) is 11.3. The lowest BCUT2D eigenvalue weighted by atomic mass is 9.99. The number of hydrogen-bond donors (Lipinski definition) is 3. The molecule has 5 nitrogen and oxygen atoms in total. The van der Waals surface area contributed by atoms with Crippen LogP contribution in [0.5, 0.6) is 0 Å². The number of piperazine rings is 1. The van der Waals surface area contributed by atoms with E-state index in [-0.39, 0.29) is 6.04 Å². The summed E-state index contributed by atoms with van der Waals surface area (Å²) < 4.78 is 0. The lowest BCUT2D eigenvalue weighted by Crippen LogP contribution is -2.48. The summed E-state index contributed by atoms with van der Waals surface area (Å²) in [5.74, 6) is 0. The lowest BCUT2D eigenvalue weighted by Gasteiger charge is -2.34. The SMILES string of the molecule is O=C(O)N1CCNCC1c1cccc2c(-c3cccs3)c[nH]c12. The molecule has 1 aromatic carbocycles. The minimum Gasteiger partial charge on any atom is -0.465 e. The highest BCUT2D eigenvalue weighted by atomic mass is 32.1. The predicted molar refractivity (Wildman–Crippen MR) is 92.0 cm³/mol. The summed E-state index contributed by atoms with van der Waals surface area (Å²) in [5.41, 5.74) is 3.22. The third kappa shape index (κ3) is 2.40. The van der Waals surface area contributed by atoms with Crippen LogP contribution in [0.25, 0.3) is 21.3 Å². The number of fused-ring (bicyclic) bond motifs is 1. The van der Waals surface area contributed by atoms with Crippen molar-refractivity contribution < 1.29 is 9.90 Å². The highest BCUT2D eigenvalue weighted by molar-refractivity contribution is 7.13. The molecule has 3 N–H and O–H groups in total. The van der Waals surface area contributed by atoms with Gasteiger partial charge in [-0.25, -0.2) is 4.79 Å². The molecule has 3 heterocycles. The average molecular weight is 327 g/mol. The fourth-order valence-corrected chi connectivity index (χ4v) is 4.06. The zero-order valence-electron chi connectivity index (χ0n) is 12.5. The average Bonchev–Trinajstić information content (AvgIpc) is 3.23. The molecule has 1 unspecified atom stereocenters. The third-order valence-corrected chi connectivity index (χ3v) is 5.29. The molecule has 0 radical (unpaired) electrons. The quantitative estimate of drug-likeness (QED) is 0.674. The van der Waals surface area contributed by atoms with Crippen molar-refractivity contribution in [2.45, 2.75) is 6.04 Å². The van der Waals surface area contributed by atoms with E-state index < -0.39 is 6.09 Å². The minimum absolute atomic E-state index is 0.167. The zero-order valence-corrected chi connectivity index (χ0v) is 13.3. The third-order valence-electron chi connectivity index (χ3n) is 4.38. The first-order valence-electron chi connectivity index (χ1n) is 7.60. The summed E-state index contributed by atoms with van der Waals surface area (Å²) in [7, 11) is 0. The van der Waals surface area contributed by atoms with Crippen molar-refractivity contribution in [1.29, 1.82) is 0 Å². The molecule has 2 aromatic heterocycles. The summed E-state index contributed by atoms with van der Waals surface area (Å²) in [4.78, 5) is 17.7. The number of thiophene rings is 1. The van der Waals surface area contributed by atoms with Crippen molar-refractivity contribution in [3.63, 3.8) is 0 Å². The number of carbonyl (C=O) groups is 1. The maximum atomic E-state index is 11.6. The van der Waals surface area contributed by atoms with E-state index in [4.69, 9.17) is 0 Å². The second-order valence-corrected chi connectivity index (χ2v) is 6.59. The van der Waals surface area contributed by atoms with E-state index in [0.29, 0.717) is 19.6 Å². The maximum Gasteiger partial charge on any atom is 0.407 e. The molecule has 0 aliphatic carbocycles. The van der Waals surface area contributed by atoms with Crippen molar-refractivity contribution in [1.82, 2.24) is 15.2 Å². The Morgan fingerprint density at radius 3 is 3.00 bits per heavy atom. The molecule has 1 saturated heterocycles. The normalized spacial score (nSPS) is 18.4. The summed E-state index contributed by atoms with van der Waals surface area (Å²) in [6.07, 6.45) is 1.15. The summed E-state index contributed by atoms with van der Waals surface area (Å²) >= 11 is 1.71. The highest BCUT2D eigenvalue weighted by Crippen LogP contribution is 2.36. The predicted octanol–water partition coefficient (Wildman–Crippen LogP) is 3.52. The van der Waals surface area contributed by atoms with Crippen molar-refractivity contribution >= 4 is 28.3 Å². The number of nitrogens with zero attached hydrogens (tertiary/aromatic N) is 1. The Kier molecular flexibility index (Phi) is 3.55. The summed E-state index contributed by atoms with van der Waals surface area (Å²) in [6, 6.07) is 10.1. The van der Waals surface area contributed by atoms with Crippen LogP contribution in [-0.2, 0) is 0 Å². The Balaban J connectivity index is 1.83. The number of aromatic amines is 1. The van der Waals surface area contributed by atoms with Gasteiger partial charge in [0.2, 0.25) is 0 Å². The standard InChI is InChI=1S/C17H17N3O2S/c21-17(22)20-7-6-18-10-14(20)12-4-1-3-11-13(9-19-16(11)12)15-5-2-8-23-15/h1-5,8-9,14,18-19H,6-7,10H2,(H,21,22). The van der Waals surface area contributed by atoms with Gasteiger partial charge in [-0.1, -0.05) is 24.3 Å². The molecular formula is C17H17N3O2S. The van der Waals surface area contributed by atoms with Gasteiger partial charge in [0.15, 0.2) is 0 Å². The molecule has 1 aliphatic heterocycles. The Morgan fingerprint density at radius 1 is 1.30 bits per heavy atom. The first-order valence-corrected chi connectivity index (χ1v) is 8.48. The molecule has 118 valence electrons. The van der Waals surface area contributed by atoms with Gasteiger partial charge in [-0.3, -0.25) is 4.90 Å². The molecule has 0 saturated carbocycles. The Bertz CT molecular complexity index is 841. The van der Waals surface area contributed by atoms with Crippen LogP contribution in [0, 0.1) is 0 Å². The maximum absolute atomic E-state index is 11.6. The van der Waals surface area contributed by atoms with Crippen molar-refractivity contribution in [3.05, 3.63) is 47.5 Å². The monoisotopic (exact) mass is 327 g/mol. The van der Waals surface area contributed by atoms with Crippen LogP contribution in [0.1, 0.15) is 11.6 Å². The van der Waals surface area contributed by atoms with E-state index >= 15 is 0 Å². The van der Waals surface area contributed by atoms with E-state index in [0.717, 1.165) is 16.5 Å². The van der Waals surface area contributed by atoms with Crippen LogP contribution < -0.4 is 5.32 Å². The second-order valence-electron chi connectivity index (χ2n) is 5.65. The number of benzene rings is 1. The Labute approximate surface area is 137 Å². The number of para-hydroxylation sites is 1. The number of hydrogen-bond acceptors (Lipinski definition) is 3. The van der Waals surface area contributed by atoms with Crippen LogP contribution in [0.15, 0.2) is 41.9 Å². The van der Waals surface area contributed by atoms with E-state index in [1.165, 1.54) is 15.3 Å². The highest BCUT2D eigenvalue weighted by Gasteiger charge is 2.29. The second kappa shape index (κ2) is 5.72. The van der Waals surface area contributed by atoms with E-state index in [1.807, 2.05) is 24.4 Å². The van der Waals surface area contributed by atoms with Gasteiger partial charge in [-0.15, -0.1) is 11.3 Å². The molecule has 0 bridgehead atoms. The van der Waals surface area contributed by atoms with Crippen molar-refractivity contribution in [2.75, 3.05) is 19.6 Å². The zero-order chi connectivity index (χ0) is 15.8. The van der Waals surface area contributed by atoms with Crippen LogP contribution in [0.4, 0.5) is 4.79 Å². The van der Waals surface area contributed by atoms with E-state index in [1.54, 1.807) is 11.3 Å². The first kappa shape index (κ1) is 14.3. The molecular weight excluding hydrogens is 310 g/mol. The van der Waals surface area contributed by atoms with Crippen LogP contribution >= 0.6 is 11.3 Å². The number of amides is 1. The molecule has 3 aromatic rings. The molecule has 4 rings (SSSR count). The molecule has 1 fully saturated rings. The van der Waals surface area contributed by atoms with Gasteiger partial charge in [0, 0.05) is 47.2 Å². The van der Waals surface area contributed by atoms with Gasteiger partial charge in [-0.05, 0) is 11.4 Å². The Morgan fingerprint density at radius 2 is 2.22 bits per heavy atom. The van der Waals surface area contributed by atoms with Gasteiger partial charge in [-0.2, -0.15) is 0 Å². The molecule has 1 aliphatic rings. The smallest absolute Gasteiger partial charge is 0.407 e. The number of nitrogens with one attached hydrogen (secondary N) is 2. The van der Waals surface area contributed by atoms with Gasteiger partial charge >= 0.3 is 6.09 Å². The van der Waals surface area contributed by atoms with Crippen LogP contribution in [0.3, 0.4) is 0 Å². The molecule has 1 amide bonds. The Hall–Kier alpha value is -2.31. The summed E-state index contributed by atoms with van der Waals surface area (Å²) in [6.45, 7) is 1.84. The van der Waals surface area contributed by atoms with Gasteiger partial charge in [0.25, 0.3) is 0 Å². The van der Waals surface area contributed by atoms with Crippen molar-refractivity contribution in [3.8, 4) is 10.4 Å². The topological polar surface area (TPSA) is 68.4 Å². The van der Waals surface area contributed by atoms with Crippen molar-refractivity contribution in [2.24, 2.45) is 0 Å².